The zero-order valence-electron chi connectivity index (χ0n) is 13.3. The fraction of sp³-hybridized carbons (Fsp3) is 0.529. The second-order valence-corrected chi connectivity index (χ2v) is 6.33. The molecule has 1 aliphatic heterocycles. The van der Waals surface area contributed by atoms with E-state index in [-0.39, 0.29) is 12.3 Å². The van der Waals surface area contributed by atoms with Gasteiger partial charge in [-0.05, 0) is 26.3 Å². The molecule has 0 saturated carbocycles. The Bertz CT molecular complexity index is 550. The highest BCUT2D eigenvalue weighted by Crippen LogP contribution is 2.27. The van der Waals surface area contributed by atoms with Crippen LogP contribution >= 0.6 is 0 Å². The number of rotatable bonds is 4. The maximum absolute atomic E-state index is 12.9. The minimum absolute atomic E-state index is 0.00930. The lowest BCUT2D eigenvalue weighted by atomic mass is 9.82. The number of aliphatic carboxylic acids is 1. The number of aryl methyl sites for hydroxylation is 1. The third kappa shape index (κ3) is 3.65. The van der Waals surface area contributed by atoms with E-state index in [2.05, 4.69) is 0 Å². The molecular formula is C17H23NO4. The number of carbonyl (C=O) groups excluding carboxylic acids is 1. The average molecular weight is 305 g/mol. The fourth-order valence-electron chi connectivity index (χ4n) is 2.71. The zero-order valence-corrected chi connectivity index (χ0v) is 13.3. The average Bonchev–Trinajstić information content (AvgIpc) is 2.46. The molecule has 0 aromatic heterocycles. The lowest BCUT2D eigenvalue weighted by Crippen LogP contribution is -2.51. The number of benzene rings is 1. The van der Waals surface area contributed by atoms with Gasteiger partial charge in [0.1, 0.15) is 0 Å². The molecule has 1 aliphatic rings. The highest BCUT2D eigenvalue weighted by Gasteiger charge is 2.36. The Morgan fingerprint density at radius 3 is 2.55 bits per heavy atom. The largest absolute Gasteiger partial charge is 0.481 e. The third-order valence-electron chi connectivity index (χ3n) is 4.14. The number of carboxylic acid groups (broad SMARTS) is 1. The molecule has 22 heavy (non-hydrogen) atoms. The molecule has 5 nitrogen and oxygen atoms in total. The normalized spacial score (nSPS) is 19.0. The van der Waals surface area contributed by atoms with Crippen LogP contribution in [0.2, 0.25) is 0 Å². The highest BCUT2D eigenvalue weighted by atomic mass is 16.5. The van der Waals surface area contributed by atoms with Gasteiger partial charge in [-0.3, -0.25) is 9.59 Å². The standard InChI is InChI=1S/C17H23NO4/c1-12-4-6-13(7-5-12)17(2,3)16(21)18-8-9-22-14(11-18)10-15(19)20/h4-7,14H,8-11H2,1-3H3,(H,19,20). The molecule has 1 fully saturated rings. The van der Waals surface area contributed by atoms with Crippen molar-refractivity contribution in [1.29, 1.82) is 0 Å². The number of hydrogen-bond acceptors (Lipinski definition) is 3. The van der Waals surface area contributed by atoms with Crippen molar-refractivity contribution < 1.29 is 19.4 Å². The summed E-state index contributed by atoms with van der Waals surface area (Å²) in [4.78, 5) is 25.4. The van der Waals surface area contributed by atoms with E-state index in [0.29, 0.717) is 19.7 Å². The molecule has 1 saturated heterocycles. The van der Waals surface area contributed by atoms with Crippen LogP contribution in [0.15, 0.2) is 24.3 Å². The first-order valence-corrected chi connectivity index (χ1v) is 7.50. The molecule has 120 valence electrons. The van der Waals surface area contributed by atoms with E-state index in [9.17, 15) is 9.59 Å². The summed E-state index contributed by atoms with van der Waals surface area (Å²) in [6, 6.07) is 7.94. The molecule has 2 rings (SSSR count). The van der Waals surface area contributed by atoms with Gasteiger partial charge < -0.3 is 14.7 Å². The van der Waals surface area contributed by atoms with Gasteiger partial charge in [-0.1, -0.05) is 29.8 Å². The van der Waals surface area contributed by atoms with Crippen LogP contribution in [0.3, 0.4) is 0 Å². The fourth-order valence-corrected chi connectivity index (χ4v) is 2.71. The van der Waals surface area contributed by atoms with Crippen LogP contribution in [-0.4, -0.2) is 47.7 Å². The van der Waals surface area contributed by atoms with Crippen LogP contribution in [0.5, 0.6) is 0 Å². The van der Waals surface area contributed by atoms with Crippen LogP contribution in [0.4, 0.5) is 0 Å². The van der Waals surface area contributed by atoms with Crippen LogP contribution in [0.25, 0.3) is 0 Å². The van der Waals surface area contributed by atoms with E-state index in [1.165, 1.54) is 0 Å². The van der Waals surface area contributed by atoms with Crippen molar-refractivity contribution in [1.82, 2.24) is 4.90 Å². The van der Waals surface area contributed by atoms with E-state index in [4.69, 9.17) is 9.84 Å². The van der Waals surface area contributed by atoms with Gasteiger partial charge in [0.25, 0.3) is 0 Å². The third-order valence-corrected chi connectivity index (χ3v) is 4.14. The minimum Gasteiger partial charge on any atom is -0.481 e. The number of amides is 1. The summed E-state index contributed by atoms with van der Waals surface area (Å²) in [5, 5.41) is 8.87. The Balaban J connectivity index is 2.11. The summed E-state index contributed by atoms with van der Waals surface area (Å²) >= 11 is 0. The summed E-state index contributed by atoms with van der Waals surface area (Å²) in [5.41, 5.74) is 1.47. The summed E-state index contributed by atoms with van der Waals surface area (Å²) < 4.78 is 5.43. The molecular weight excluding hydrogens is 282 g/mol. The van der Waals surface area contributed by atoms with Crippen molar-refractivity contribution in [2.75, 3.05) is 19.7 Å². The Morgan fingerprint density at radius 1 is 1.32 bits per heavy atom. The topological polar surface area (TPSA) is 66.8 Å². The maximum atomic E-state index is 12.9. The van der Waals surface area contributed by atoms with Crippen LogP contribution in [0, 0.1) is 6.92 Å². The Kier molecular flexibility index (Phi) is 4.86. The van der Waals surface area contributed by atoms with Crippen molar-refractivity contribution in [2.45, 2.75) is 38.7 Å². The summed E-state index contributed by atoms with van der Waals surface area (Å²) in [7, 11) is 0. The molecule has 0 bridgehead atoms. The van der Waals surface area contributed by atoms with E-state index < -0.39 is 17.5 Å². The number of carboxylic acids is 1. The molecule has 1 amide bonds. The van der Waals surface area contributed by atoms with Crippen LogP contribution < -0.4 is 0 Å². The van der Waals surface area contributed by atoms with Crippen LogP contribution in [0.1, 0.15) is 31.4 Å². The second-order valence-electron chi connectivity index (χ2n) is 6.33. The molecule has 1 aromatic rings. The van der Waals surface area contributed by atoms with Gasteiger partial charge >= 0.3 is 5.97 Å². The number of morpholine rings is 1. The maximum Gasteiger partial charge on any atom is 0.306 e. The minimum atomic E-state index is -0.905. The quantitative estimate of drug-likeness (QED) is 0.923. The molecule has 0 aliphatic carbocycles. The molecule has 0 spiro atoms. The molecule has 1 atom stereocenters. The predicted molar refractivity (Wildman–Crippen MR) is 82.8 cm³/mol. The first-order chi connectivity index (χ1) is 10.3. The first kappa shape index (κ1) is 16.5. The molecule has 1 N–H and O–H groups in total. The van der Waals surface area contributed by atoms with Crippen molar-refractivity contribution in [3.8, 4) is 0 Å². The van der Waals surface area contributed by atoms with E-state index in [0.717, 1.165) is 11.1 Å². The number of ether oxygens (including phenoxy) is 1. The Hall–Kier alpha value is -1.88. The number of carbonyl (C=O) groups is 2. The van der Waals surface area contributed by atoms with Gasteiger partial charge in [0, 0.05) is 13.1 Å². The van der Waals surface area contributed by atoms with Gasteiger partial charge in [-0.15, -0.1) is 0 Å². The zero-order chi connectivity index (χ0) is 16.3. The van der Waals surface area contributed by atoms with Gasteiger partial charge in [0.2, 0.25) is 5.91 Å². The van der Waals surface area contributed by atoms with Gasteiger partial charge in [0.15, 0.2) is 0 Å². The van der Waals surface area contributed by atoms with Crippen LogP contribution in [-0.2, 0) is 19.7 Å². The molecule has 1 unspecified atom stereocenters. The van der Waals surface area contributed by atoms with E-state index >= 15 is 0 Å². The summed E-state index contributed by atoms with van der Waals surface area (Å²) in [6.45, 7) is 7.04. The number of hydrogen-bond donors (Lipinski definition) is 1. The molecule has 0 radical (unpaired) electrons. The lowest BCUT2D eigenvalue weighted by Gasteiger charge is -2.37. The summed E-state index contributed by atoms with van der Waals surface area (Å²) in [5.74, 6) is -0.896. The first-order valence-electron chi connectivity index (χ1n) is 7.50. The number of nitrogens with zero attached hydrogens (tertiary/aromatic N) is 1. The predicted octanol–water partition coefficient (Wildman–Crippen LogP) is 1.97. The second kappa shape index (κ2) is 6.48. The Labute approximate surface area is 130 Å². The monoisotopic (exact) mass is 305 g/mol. The van der Waals surface area contributed by atoms with E-state index in [1.807, 2.05) is 45.0 Å². The SMILES string of the molecule is Cc1ccc(C(C)(C)C(=O)N2CCOC(CC(=O)O)C2)cc1. The van der Waals surface area contributed by atoms with E-state index in [1.54, 1.807) is 4.90 Å². The lowest BCUT2D eigenvalue weighted by molar-refractivity contribution is -0.150. The smallest absolute Gasteiger partial charge is 0.306 e. The summed E-state index contributed by atoms with van der Waals surface area (Å²) in [6.07, 6.45) is -0.501. The van der Waals surface area contributed by atoms with Crippen molar-refractivity contribution in [3.63, 3.8) is 0 Å². The van der Waals surface area contributed by atoms with Crippen molar-refractivity contribution in [3.05, 3.63) is 35.4 Å². The van der Waals surface area contributed by atoms with Crippen molar-refractivity contribution >= 4 is 11.9 Å². The van der Waals surface area contributed by atoms with Gasteiger partial charge in [-0.25, -0.2) is 0 Å². The molecule has 1 aromatic carbocycles. The highest BCUT2D eigenvalue weighted by molar-refractivity contribution is 5.87. The Morgan fingerprint density at radius 2 is 1.95 bits per heavy atom. The van der Waals surface area contributed by atoms with Crippen molar-refractivity contribution in [2.24, 2.45) is 0 Å². The molecule has 5 heteroatoms. The van der Waals surface area contributed by atoms with Gasteiger partial charge in [0.05, 0.1) is 24.5 Å². The van der Waals surface area contributed by atoms with Gasteiger partial charge in [-0.2, -0.15) is 0 Å². The molecule has 1 heterocycles.